The third kappa shape index (κ3) is 1.96. The van der Waals surface area contributed by atoms with E-state index in [1.165, 1.54) is 0 Å². The number of benzene rings is 1. The third-order valence-corrected chi connectivity index (χ3v) is 3.47. The van der Waals surface area contributed by atoms with Gasteiger partial charge in [0.15, 0.2) is 5.75 Å². The highest BCUT2D eigenvalue weighted by Gasteiger charge is 2.33. The predicted octanol–water partition coefficient (Wildman–Crippen LogP) is 1.47. The highest BCUT2D eigenvalue weighted by atomic mass is 16.5. The zero-order valence-electron chi connectivity index (χ0n) is 10.9. The molecule has 0 amide bonds. The molecule has 1 aromatic carbocycles. The molecule has 2 heterocycles. The van der Waals surface area contributed by atoms with E-state index in [-0.39, 0.29) is 6.10 Å². The van der Waals surface area contributed by atoms with Gasteiger partial charge in [-0.2, -0.15) is 5.10 Å². The Balaban J connectivity index is 1.87. The number of aryl methyl sites for hydroxylation is 1. The molecule has 19 heavy (non-hydrogen) atoms. The summed E-state index contributed by atoms with van der Waals surface area (Å²) >= 11 is 0. The molecule has 3 rings (SSSR count). The minimum atomic E-state index is -0.769. The van der Waals surface area contributed by atoms with E-state index in [4.69, 9.17) is 9.47 Å². The number of hydrogen-bond acceptors (Lipinski definition) is 4. The number of aliphatic hydroxyl groups excluding tert-OH is 1. The number of aliphatic hydroxyl groups is 1. The summed E-state index contributed by atoms with van der Waals surface area (Å²) in [5, 5.41) is 14.6. The minimum absolute atomic E-state index is 0.304. The van der Waals surface area contributed by atoms with Gasteiger partial charge in [-0.05, 0) is 11.6 Å². The van der Waals surface area contributed by atoms with Crippen LogP contribution in [-0.4, -0.2) is 28.1 Å². The molecule has 2 atom stereocenters. The molecule has 1 aliphatic rings. The van der Waals surface area contributed by atoms with Crippen LogP contribution < -0.4 is 9.47 Å². The summed E-state index contributed by atoms with van der Waals surface area (Å²) in [6.07, 6.45) is 1.21. The van der Waals surface area contributed by atoms with E-state index >= 15 is 0 Å². The van der Waals surface area contributed by atoms with Crippen molar-refractivity contribution in [1.82, 2.24) is 9.78 Å². The largest absolute Gasteiger partial charge is 0.493 e. The molecule has 5 nitrogen and oxygen atoms in total. The topological polar surface area (TPSA) is 56.5 Å². The number of ether oxygens (including phenoxy) is 2. The molecule has 0 saturated carbocycles. The van der Waals surface area contributed by atoms with E-state index < -0.39 is 6.10 Å². The molecule has 1 aliphatic heterocycles. The standard InChI is InChI=1S/C14H16N2O3/c1-16-13(12(18-2)8-15-16)14(17)11-7-9-5-3-4-6-10(9)19-11/h3-6,8,11,14,17H,7H2,1-2H3. The van der Waals surface area contributed by atoms with Crippen molar-refractivity contribution in [3.8, 4) is 11.5 Å². The van der Waals surface area contributed by atoms with E-state index in [2.05, 4.69) is 5.10 Å². The van der Waals surface area contributed by atoms with Crippen molar-refractivity contribution in [3.63, 3.8) is 0 Å². The molecular formula is C14H16N2O3. The fraction of sp³-hybridized carbons (Fsp3) is 0.357. The highest BCUT2D eigenvalue weighted by Crippen LogP contribution is 2.36. The molecule has 0 fully saturated rings. The normalized spacial score (nSPS) is 18.8. The van der Waals surface area contributed by atoms with Crippen molar-refractivity contribution in [3.05, 3.63) is 41.7 Å². The molecule has 1 aromatic heterocycles. The smallest absolute Gasteiger partial charge is 0.162 e. The number of rotatable bonds is 3. The first-order valence-corrected chi connectivity index (χ1v) is 6.19. The summed E-state index contributed by atoms with van der Waals surface area (Å²) in [6, 6.07) is 7.84. The number of methoxy groups -OCH3 is 1. The maximum atomic E-state index is 10.5. The molecule has 0 aliphatic carbocycles. The molecule has 0 saturated heterocycles. The summed E-state index contributed by atoms with van der Waals surface area (Å²) < 4.78 is 12.6. The number of fused-ring (bicyclic) bond motifs is 1. The van der Waals surface area contributed by atoms with Gasteiger partial charge in [-0.3, -0.25) is 4.68 Å². The van der Waals surface area contributed by atoms with E-state index in [0.29, 0.717) is 17.9 Å². The fourth-order valence-corrected chi connectivity index (χ4v) is 2.48. The van der Waals surface area contributed by atoms with Crippen molar-refractivity contribution in [1.29, 1.82) is 0 Å². The van der Waals surface area contributed by atoms with Gasteiger partial charge < -0.3 is 14.6 Å². The van der Waals surface area contributed by atoms with Gasteiger partial charge in [0, 0.05) is 13.5 Å². The van der Waals surface area contributed by atoms with Crippen LogP contribution in [0.15, 0.2) is 30.5 Å². The van der Waals surface area contributed by atoms with Crippen LogP contribution in [0.3, 0.4) is 0 Å². The van der Waals surface area contributed by atoms with Gasteiger partial charge in [-0.1, -0.05) is 18.2 Å². The Morgan fingerprint density at radius 2 is 2.26 bits per heavy atom. The van der Waals surface area contributed by atoms with Crippen molar-refractivity contribution in [2.24, 2.45) is 7.05 Å². The highest BCUT2D eigenvalue weighted by molar-refractivity contribution is 5.39. The van der Waals surface area contributed by atoms with Gasteiger partial charge in [0.25, 0.3) is 0 Å². The number of nitrogens with zero attached hydrogens (tertiary/aromatic N) is 2. The Bertz CT molecular complexity index is 569. The van der Waals surface area contributed by atoms with Crippen LogP contribution in [0.2, 0.25) is 0 Å². The first-order valence-electron chi connectivity index (χ1n) is 6.19. The second kappa shape index (κ2) is 4.59. The molecule has 0 radical (unpaired) electrons. The average molecular weight is 260 g/mol. The second-order valence-electron chi connectivity index (χ2n) is 4.63. The van der Waals surface area contributed by atoms with E-state index in [1.54, 1.807) is 25.0 Å². The average Bonchev–Trinajstić information content (AvgIpc) is 3.01. The van der Waals surface area contributed by atoms with Crippen LogP contribution in [0.25, 0.3) is 0 Å². The van der Waals surface area contributed by atoms with Crippen LogP contribution in [0.5, 0.6) is 11.5 Å². The second-order valence-corrected chi connectivity index (χ2v) is 4.63. The molecule has 2 unspecified atom stereocenters. The summed E-state index contributed by atoms with van der Waals surface area (Å²) in [5.41, 5.74) is 1.76. The predicted molar refractivity (Wildman–Crippen MR) is 69.3 cm³/mol. The van der Waals surface area contributed by atoms with Gasteiger partial charge in [0.05, 0.1) is 13.3 Å². The number of hydrogen-bond donors (Lipinski definition) is 1. The van der Waals surface area contributed by atoms with Crippen molar-refractivity contribution in [2.75, 3.05) is 7.11 Å². The Morgan fingerprint density at radius 3 is 3.00 bits per heavy atom. The van der Waals surface area contributed by atoms with Crippen molar-refractivity contribution >= 4 is 0 Å². The Labute approximate surface area is 111 Å². The van der Waals surface area contributed by atoms with Crippen molar-refractivity contribution < 1.29 is 14.6 Å². The quantitative estimate of drug-likeness (QED) is 0.908. The van der Waals surface area contributed by atoms with Crippen LogP contribution in [0, 0.1) is 0 Å². The maximum absolute atomic E-state index is 10.5. The lowest BCUT2D eigenvalue weighted by Gasteiger charge is -2.19. The molecule has 5 heteroatoms. The zero-order valence-corrected chi connectivity index (χ0v) is 10.9. The van der Waals surface area contributed by atoms with E-state index in [0.717, 1.165) is 11.3 Å². The molecule has 0 spiro atoms. The first-order chi connectivity index (χ1) is 9.20. The Morgan fingerprint density at radius 1 is 1.47 bits per heavy atom. The van der Waals surface area contributed by atoms with Gasteiger partial charge in [0.1, 0.15) is 23.7 Å². The lowest BCUT2D eigenvalue weighted by Crippen LogP contribution is -2.25. The maximum Gasteiger partial charge on any atom is 0.162 e. The summed E-state index contributed by atoms with van der Waals surface area (Å²) in [4.78, 5) is 0. The van der Waals surface area contributed by atoms with Gasteiger partial charge in [-0.15, -0.1) is 0 Å². The van der Waals surface area contributed by atoms with Gasteiger partial charge in [-0.25, -0.2) is 0 Å². The zero-order chi connectivity index (χ0) is 13.4. The van der Waals surface area contributed by atoms with E-state index in [1.807, 2.05) is 24.3 Å². The van der Waals surface area contributed by atoms with Crippen LogP contribution in [-0.2, 0) is 13.5 Å². The van der Waals surface area contributed by atoms with Crippen LogP contribution in [0.1, 0.15) is 17.4 Å². The monoisotopic (exact) mass is 260 g/mol. The van der Waals surface area contributed by atoms with Gasteiger partial charge in [0.2, 0.25) is 0 Å². The minimum Gasteiger partial charge on any atom is -0.493 e. The van der Waals surface area contributed by atoms with Crippen molar-refractivity contribution in [2.45, 2.75) is 18.6 Å². The molecule has 100 valence electrons. The number of para-hydroxylation sites is 1. The van der Waals surface area contributed by atoms with E-state index in [9.17, 15) is 5.11 Å². The summed E-state index contributed by atoms with van der Waals surface area (Å²) in [7, 11) is 3.35. The summed E-state index contributed by atoms with van der Waals surface area (Å²) in [5.74, 6) is 1.42. The fourth-order valence-electron chi connectivity index (χ4n) is 2.48. The summed E-state index contributed by atoms with van der Waals surface area (Å²) in [6.45, 7) is 0. The third-order valence-electron chi connectivity index (χ3n) is 3.47. The molecule has 0 bridgehead atoms. The molecule has 2 aromatic rings. The Hall–Kier alpha value is -2.01. The lowest BCUT2D eigenvalue weighted by atomic mass is 10.0. The lowest BCUT2D eigenvalue weighted by molar-refractivity contribution is 0.0419. The first kappa shape index (κ1) is 12.0. The van der Waals surface area contributed by atoms with Gasteiger partial charge >= 0.3 is 0 Å². The SMILES string of the molecule is COc1cnn(C)c1C(O)C1Cc2ccccc2O1. The van der Waals surface area contributed by atoms with Crippen LogP contribution >= 0.6 is 0 Å². The Kier molecular flexibility index (Phi) is 2.91. The molecule has 1 N–H and O–H groups in total. The number of aromatic nitrogens is 2. The van der Waals surface area contributed by atoms with Crippen LogP contribution in [0.4, 0.5) is 0 Å². The molecular weight excluding hydrogens is 244 g/mol.